The van der Waals surface area contributed by atoms with Crippen LogP contribution in [-0.2, 0) is 6.42 Å². The van der Waals surface area contributed by atoms with Crippen molar-refractivity contribution < 1.29 is 9.84 Å². The molecule has 0 radical (unpaired) electrons. The van der Waals surface area contributed by atoms with Crippen molar-refractivity contribution in [2.45, 2.75) is 38.8 Å². The molecule has 0 aromatic heterocycles. The lowest BCUT2D eigenvalue weighted by atomic mass is 9.89. The number of aliphatic hydroxyl groups is 1. The molecule has 1 N–H and O–H groups in total. The predicted octanol–water partition coefficient (Wildman–Crippen LogP) is 2.63. The third kappa shape index (κ3) is 3.24. The third-order valence-electron chi connectivity index (χ3n) is 3.18. The highest BCUT2D eigenvalue weighted by molar-refractivity contribution is 5.40. The molecule has 1 rings (SSSR count). The van der Waals surface area contributed by atoms with Gasteiger partial charge in [0.1, 0.15) is 5.75 Å². The monoisotopic (exact) mass is 251 g/mol. The summed E-state index contributed by atoms with van der Waals surface area (Å²) >= 11 is 0. The molecular formula is C15H25NO2. The molecule has 3 heteroatoms. The van der Waals surface area contributed by atoms with Gasteiger partial charge in [-0.2, -0.15) is 0 Å². The van der Waals surface area contributed by atoms with E-state index in [2.05, 4.69) is 19.1 Å². The van der Waals surface area contributed by atoms with Crippen LogP contribution in [0.15, 0.2) is 18.2 Å². The first-order chi connectivity index (χ1) is 8.31. The average molecular weight is 251 g/mol. The Morgan fingerprint density at radius 2 is 1.94 bits per heavy atom. The van der Waals surface area contributed by atoms with Crippen LogP contribution in [0.2, 0.25) is 0 Å². The fourth-order valence-electron chi connectivity index (χ4n) is 2.51. The summed E-state index contributed by atoms with van der Waals surface area (Å²) in [5.74, 6) is 0.827. The van der Waals surface area contributed by atoms with E-state index in [9.17, 15) is 5.11 Å². The second-order valence-electron chi connectivity index (χ2n) is 5.45. The van der Waals surface area contributed by atoms with Gasteiger partial charge in [-0.1, -0.05) is 19.1 Å². The zero-order valence-corrected chi connectivity index (χ0v) is 12.3. The first-order valence-electron chi connectivity index (χ1n) is 6.36. The summed E-state index contributed by atoms with van der Waals surface area (Å²) in [6, 6.07) is 6.08. The van der Waals surface area contributed by atoms with E-state index in [4.69, 9.17) is 4.74 Å². The van der Waals surface area contributed by atoms with Gasteiger partial charge in [-0.15, -0.1) is 0 Å². The fraction of sp³-hybridized carbons (Fsp3) is 0.600. The summed E-state index contributed by atoms with van der Waals surface area (Å²) in [5, 5.41) is 10.4. The minimum atomic E-state index is -0.830. The van der Waals surface area contributed by atoms with Gasteiger partial charge in [0.05, 0.1) is 18.8 Å². The Kier molecular flexibility index (Phi) is 4.77. The molecule has 1 unspecified atom stereocenters. The number of aryl methyl sites for hydroxylation is 1. The van der Waals surface area contributed by atoms with Crippen LogP contribution >= 0.6 is 0 Å². The van der Waals surface area contributed by atoms with E-state index in [0.29, 0.717) is 0 Å². The van der Waals surface area contributed by atoms with E-state index >= 15 is 0 Å². The molecule has 1 atom stereocenters. The molecule has 0 fully saturated rings. The Morgan fingerprint density at radius 3 is 2.33 bits per heavy atom. The molecule has 0 heterocycles. The first kappa shape index (κ1) is 15.0. The Hall–Kier alpha value is -1.06. The maximum Gasteiger partial charge on any atom is 0.123 e. The maximum absolute atomic E-state index is 10.4. The molecule has 0 aliphatic carbocycles. The largest absolute Gasteiger partial charge is 0.496 e. The smallest absolute Gasteiger partial charge is 0.123 e. The van der Waals surface area contributed by atoms with Gasteiger partial charge < -0.3 is 9.84 Å². The molecule has 0 amide bonds. The lowest BCUT2D eigenvalue weighted by Gasteiger charge is -2.36. The van der Waals surface area contributed by atoms with Crippen molar-refractivity contribution in [2.75, 3.05) is 21.2 Å². The van der Waals surface area contributed by atoms with Gasteiger partial charge in [0.25, 0.3) is 0 Å². The Balaban J connectivity index is 3.34. The van der Waals surface area contributed by atoms with Crippen LogP contribution in [0.1, 0.15) is 37.9 Å². The SMILES string of the molecule is CCc1ccc(OC)c(C(N(C)C)C(C)(C)O)c1. The lowest BCUT2D eigenvalue weighted by Crippen LogP contribution is -2.38. The minimum Gasteiger partial charge on any atom is -0.496 e. The molecule has 0 bridgehead atoms. The minimum absolute atomic E-state index is 0.0982. The van der Waals surface area contributed by atoms with Crippen molar-refractivity contribution in [3.05, 3.63) is 29.3 Å². The summed E-state index contributed by atoms with van der Waals surface area (Å²) in [4.78, 5) is 2.03. The van der Waals surface area contributed by atoms with Crippen molar-refractivity contribution in [3.8, 4) is 5.75 Å². The van der Waals surface area contributed by atoms with Gasteiger partial charge in [0.15, 0.2) is 0 Å². The number of likely N-dealkylation sites (N-methyl/N-ethyl adjacent to an activating group) is 1. The molecule has 0 saturated heterocycles. The van der Waals surface area contributed by atoms with E-state index in [1.54, 1.807) is 7.11 Å². The van der Waals surface area contributed by atoms with Crippen LogP contribution in [0, 0.1) is 0 Å². The van der Waals surface area contributed by atoms with Gasteiger partial charge in [0.2, 0.25) is 0 Å². The molecule has 1 aromatic carbocycles. The highest BCUT2D eigenvalue weighted by atomic mass is 16.5. The van der Waals surface area contributed by atoms with Crippen molar-refractivity contribution in [1.82, 2.24) is 4.90 Å². The molecule has 0 aliphatic rings. The highest BCUT2D eigenvalue weighted by Crippen LogP contribution is 2.36. The summed E-state index contributed by atoms with van der Waals surface area (Å²) in [5.41, 5.74) is 1.46. The molecule has 3 nitrogen and oxygen atoms in total. The van der Waals surface area contributed by atoms with Crippen LogP contribution < -0.4 is 4.74 Å². The van der Waals surface area contributed by atoms with Crippen LogP contribution in [-0.4, -0.2) is 36.8 Å². The Morgan fingerprint density at radius 1 is 1.33 bits per heavy atom. The average Bonchev–Trinajstić information content (AvgIpc) is 2.26. The first-order valence-corrected chi connectivity index (χ1v) is 6.36. The number of ether oxygens (including phenoxy) is 1. The van der Waals surface area contributed by atoms with E-state index in [0.717, 1.165) is 17.7 Å². The third-order valence-corrected chi connectivity index (χ3v) is 3.18. The second-order valence-corrected chi connectivity index (χ2v) is 5.45. The van der Waals surface area contributed by atoms with E-state index in [1.165, 1.54) is 5.56 Å². The predicted molar refractivity (Wildman–Crippen MR) is 75.1 cm³/mol. The number of hydrogen-bond acceptors (Lipinski definition) is 3. The molecule has 0 saturated carbocycles. The van der Waals surface area contributed by atoms with Crippen molar-refractivity contribution >= 4 is 0 Å². The van der Waals surface area contributed by atoms with E-state index in [1.807, 2.05) is 38.9 Å². The van der Waals surface area contributed by atoms with E-state index < -0.39 is 5.60 Å². The number of methoxy groups -OCH3 is 1. The van der Waals surface area contributed by atoms with Gasteiger partial charge >= 0.3 is 0 Å². The fourth-order valence-corrected chi connectivity index (χ4v) is 2.51. The molecule has 0 spiro atoms. The number of hydrogen-bond donors (Lipinski definition) is 1. The molecular weight excluding hydrogens is 226 g/mol. The number of benzene rings is 1. The van der Waals surface area contributed by atoms with E-state index in [-0.39, 0.29) is 6.04 Å². The standard InChI is InChI=1S/C15H25NO2/c1-7-11-8-9-13(18-6)12(10-11)14(16(4)5)15(2,3)17/h8-10,14,17H,7H2,1-6H3. The number of rotatable bonds is 5. The van der Waals surface area contributed by atoms with Gasteiger partial charge in [-0.05, 0) is 46.0 Å². The molecule has 18 heavy (non-hydrogen) atoms. The molecule has 1 aromatic rings. The van der Waals surface area contributed by atoms with Crippen molar-refractivity contribution in [2.24, 2.45) is 0 Å². The normalized spacial score (nSPS) is 13.8. The van der Waals surface area contributed by atoms with Crippen LogP contribution in [0.4, 0.5) is 0 Å². The molecule has 0 aliphatic heterocycles. The summed E-state index contributed by atoms with van der Waals surface area (Å²) in [7, 11) is 5.61. The van der Waals surface area contributed by atoms with Crippen LogP contribution in [0.25, 0.3) is 0 Å². The zero-order valence-electron chi connectivity index (χ0n) is 12.3. The zero-order chi connectivity index (χ0) is 13.9. The van der Waals surface area contributed by atoms with Gasteiger partial charge in [-0.25, -0.2) is 0 Å². The molecule has 102 valence electrons. The van der Waals surface area contributed by atoms with Crippen LogP contribution in [0.3, 0.4) is 0 Å². The highest BCUT2D eigenvalue weighted by Gasteiger charge is 2.32. The summed E-state index contributed by atoms with van der Waals surface area (Å²) < 4.78 is 5.43. The maximum atomic E-state index is 10.4. The van der Waals surface area contributed by atoms with Gasteiger partial charge in [-0.3, -0.25) is 4.90 Å². The van der Waals surface area contributed by atoms with Crippen molar-refractivity contribution in [3.63, 3.8) is 0 Å². The topological polar surface area (TPSA) is 32.7 Å². The Labute approximate surface area is 110 Å². The quantitative estimate of drug-likeness (QED) is 0.873. The number of nitrogens with zero attached hydrogens (tertiary/aromatic N) is 1. The summed E-state index contributed by atoms with van der Waals surface area (Å²) in [6.45, 7) is 5.78. The summed E-state index contributed by atoms with van der Waals surface area (Å²) in [6.07, 6.45) is 0.975. The second kappa shape index (κ2) is 5.72. The van der Waals surface area contributed by atoms with Crippen LogP contribution in [0.5, 0.6) is 5.75 Å². The van der Waals surface area contributed by atoms with Crippen molar-refractivity contribution in [1.29, 1.82) is 0 Å². The Bertz CT molecular complexity index is 394. The lowest BCUT2D eigenvalue weighted by molar-refractivity contribution is -0.00411. The van der Waals surface area contributed by atoms with Gasteiger partial charge in [0, 0.05) is 5.56 Å².